The van der Waals surface area contributed by atoms with E-state index in [1.807, 2.05) is 6.92 Å². The highest BCUT2D eigenvalue weighted by Crippen LogP contribution is 2.08. The molecule has 0 saturated carbocycles. The molecule has 0 aliphatic rings. The number of carbonyl (C=O) groups excluding carboxylic acids is 1. The molecule has 1 atom stereocenters. The molecule has 0 aliphatic heterocycles. The first-order valence-corrected chi connectivity index (χ1v) is 3.53. The highest BCUT2D eigenvalue weighted by atomic mass is 16.3. The molecule has 0 N–H and O–H groups in total. The van der Waals surface area contributed by atoms with E-state index in [0.29, 0.717) is 6.42 Å². The van der Waals surface area contributed by atoms with Crippen LogP contribution in [-0.4, -0.2) is 5.91 Å². The van der Waals surface area contributed by atoms with E-state index in [4.69, 9.17) is 5.26 Å². The average molecular weight is 154 g/mol. The number of amides is 1. The minimum Gasteiger partial charge on any atom is -0.267 e. The minimum atomic E-state index is -0.846. The maximum Gasteiger partial charge on any atom is 0.303 e. The number of carbonyl (C=O) groups is 1. The summed E-state index contributed by atoms with van der Waals surface area (Å²) in [6.45, 7) is 1.95. The molecule has 1 amide bonds. The summed E-state index contributed by atoms with van der Waals surface area (Å²) in [5.74, 6) is -1.67. The Balaban J connectivity index is 3.87. The molecular formula is C7H10N2O2. The molecule has 0 radical (unpaired) electrons. The first kappa shape index (κ1) is 9.76. The van der Waals surface area contributed by atoms with Crippen LogP contribution >= 0.6 is 0 Å². The number of nitrogens with zero attached hydrogens (tertiary/aromatic N) is 2. The Morgan fingerprint density at radius 3 is 2.73 bits per heavy atom. The van der Waals surface area contributed by atoms with Crippen molar-refractivity contribution in [1.29, 1.82) is 5.26 Å². The molecule has 0 unspecified atom stereocenters. The molecule has 60 valence electrons. The van der Waals surface area contributed by atoms with Crippen molar-refractivity contribution in [3.63, 3.8) is 0 Å². The third-order valence-electron chi connectivity index (χ3n) is 1.39. The van der Waals surface area contributed by atoms with Crippen LogP contribution in [0.15, 0.2) is 5.18 Å². The van der Waals surface area contributed by atoms with Crippen LogP contribution in [0.1, 0.15) is 26.2 Å². The molecule has 0 spiro atoms. The highest BCUT2D eigenvalue weighted by Gasteiger charge is 2.16. The van der Waals surface area contributed by atoms with Crippen LogP contribution in [0.2, 0.25) is 0 Å². The van der Waals surface area contributed by atoms with E-state index >= 15 is 0 Å². The van der Waals surface area contributed by atoms with Crippen LogP contribution in [0.4, 0.5) is 0 Å². The topological polar surface area (TPSA) is 70.3 Å². The summed E-state index contributed by atoms with van der Waals surface area (Å²) >= 11 is 0. The van der Waals surface area contributed by atoms with Gasteiger partial charge in [0.2, 0.25) is 0 Å². The first-order valence-electron chi connectivity index (χ1n) is 3.53. The summed E-state index contributed by atoms with van der Waals surface area (Å²) < 4.78 is 0. The van der Waals surface area contributed by atoms with Gasteiger partial charge in [0, 0.05) is 5.18 Å². The van der Waals surface area contributed by atoms with E-state index in [-0.39, 0.29) is 0 Å². The van der Waals surface area contributed by atoms with E-state index in [2.05, 4.69) is 5.18 Å². The number of rotatable bonds is 4. The van der Waals surface area contributed by atoms with Gasteiger partial charge in [-0.2, -0.15) is 5.26 Å². The summed E-state index contributed by atoms with van der Waals surface area (Å²) in [4.78, 5) is 20.3. The van der Waals surface area contributed by atoms with Gasteiger partial charge in [0.05, 0.1) is 6.07 Å². The molecule has 0 aromatic rings. The second kappa shape index (κ2) is 5.54. The fourth-order valence-corrected chi connectivity index (χ4v) is 0.715. The minimum absolute atomic E-state index is 0.442. The summed E-state index contributed by atoms with van der Waals surface area (Å²) in [6, 6.07) is 1.74. The number of nitroso groups, excluding NO2 is 1. The highest BCUT2D eigenvalue weighted by molar-refractivity contribution is 5.81. The number of nitriles is 1. The molecule has 0 aliphatic carbocycles. The van der Waals surface area contributed by atoms with Gasteiger partial charge in [-0.1, -0.05) is 19.8 Å². The molecule has 0 bridgehead atoms. The molecule has 4 nitrogen and oxygen atoms in total. The summed E-state index contributed by atoms with van der Waals surface area (Å²) in [7, 11) is 0. The maximum atomic E-state index is 10.5. The van der Waals surface area contributed by atoms with Crippen LogP contribution in [-0.2, 0) is 4.79 Å². The lowest BCUT2D eigenvalue weighted by molar-refractivity contribution is -0.120. The Bertz CT molecular complexity index is 183. The Morgan fingerprint density at radius 2 is 2.36 bits per heavy atom. The number of hydrogen-bond donors (Lipinski definition) is 0. The molecule has 0 fully saturated rings. The monoisotopic (exact) mass is 154 g/mol. The lowest BCUT2D eigenvalue weighted by atomic mass is 10.0. The Morgan fingerprint density at radius 1 is 1.73 bits per heavy atom. The van der Waals surface area contributed by atoms with Gasteiger partial charge in [0.15, 0.2) is 0 Å². The molecular weight excluding hydrogens is 144 g/mol. The van der Waals surface area contributed by atoms with Crippen molar-refractivity contribution in [1.82, 2.24) is 0 Å². The van der Waals surface area contributed by atoms with Crippen LogP contribution in [0.25, 0.3) is 0 Å². The van der Waals surface area contributed by atoms with E-state index in [0.717, 1.165) is 12.8 Å². The Kier molecular flexibility index (Phi) is 4.91. The SMILES string of the molecule is CCCC[C@@H](C#N)C(=O)N=O. The first-order chi connectivity index (χ1) is 5.26. The average Bonchev–Trinajstić information content (AvgIpc) is 2.05. The Labute approximate surface area is 65.2 Å². The lowest BCUT2D eigenvalue weighted by Crippen LogP contribution is -2.08. The molecule has 0 saturated heterocycles. The van der Waals surface area contributed by atoms with Gasteiger partial charge in [-0.05, 0) is 6.42 Å². The fourth-order valence-electron chi connectivity index (χ4n) is 0.715. The van der Waals surface area contributed by atoms with Crippen molar-refractivity contribution in [2.45, 2.75) is 26.2 Å². The van der Waals surface area contributed by atoms with Crippen LogP contribution in [0.3, 0.4) is 0 Å². The van der Waals surface area contributed by atoms with Crippen molar-refractivity contribution in [3.8, 4) is 6.07 Å². The smallest absolute Gasteiger partial charge is 0.267 e. The van der Waals surface area contributed by atoms with Gasteiger partial charge in [0.25, 0.3) is 0 Å². The molecule has 0 aromatic heterocycles. The van der Waals surface area contributed by atoms with Crippen LogP contribution in [0.5, 0.6) is 0 Å². The molecule has 0 heterocycles. The van der Waals surface area contributed by atoms with Crippen LogP contribution < -0.4 is 0 Å². The molecule has 0 rings (SSSR count). The molecule has 0 aromatic carbocycles. The third kappa shape index (κ3) is 3.46. The Hall–Kier alpha value is -1.24. The van der Waals surface area contributed by atoms with Gasteiger partial charge in [0.1, 0.15) is 5.92 Å². The van der Waals surface area contributed by atoms with E-state index in [1.165, 1.54) is 0 Å². The van der Waals surface area contributed by atoms with E-state index < -0.39 is 11.8 Å². The second-order valence-corrected chi connectivity index (χ2v) is 2.25. The summed E-state index contributed by atoms with van der Waals surface area (Å²) in [5.41, 5.74) is 0. The molecule has 11 heavy (non-hydrogen) atoms. The lowest BCUT2D eigenvalue weighted by Gasteiger charge is -1.98. The largest absolute Gasteiger partial charge is 0.303 e. The zero-order valence-corrected chi connectivity index (χ0v) is 6.41. The van der Waals surface area contributed by atoms with Gasteiger partial charge >= 0.3 is 5.91 Å². The second-order valence-electron chi connectivity index (χ2n) is 2.25. The quantitative estimate of drug-likeness (QED) is 0.577. The van der Waals surface area contributed by atoms with E-state index in [1.54, 1.807) is 6.07 Å². The standard InChI is InChI=1S/C7H10N2O2/c1-2-3-4-6(5-8)7(10)9-11/h6H,2-4H2,1H3/t6-/m0/s1. The zero-order valence-electron chi connectivity index (χ0n) is 6.41. The van der Waals surface area contributed by atoms with Crippen LogP contribution in [0, 0.1) is 22.2 Å². The third-order valence-corrected chi connectivity index (χ3v) is 1.39. The summed E-state index contributed by atoms with van der Waals surface area (Å²) in [5, 5.41) is 10.6. The van der Waals surface area contributed by atoms with Crippen molar-refractivity contribution in [2.75, 3.05) is 0 Å². The van der Waals surface area contributed by atoms with Crippen molar-refractivity contribution < 1.29 is 4.79 Å². The normalized spacial score (nSPS) is 11.6. The fraction of sp³-hybridized carbons (Fsp3) is 0.714. The predicted molar refractivity (Wildman–Crippen MR) is 39.4 cm³/mol. The molecule has 4 heteroatoms. The van der Waals surface area contributed by atoms with Gasteiger partial charge < -0.3 is 0 Å². The summed E-state index contributed by atoms with van der Waals surface area (Å²) in [6.07, 6.45) is 2.13. The van der Waals surface area contributed by atoms with Crippen molar-refractivity contribution >= 4 is 5.91 Å². The van der Waals surface area contributed by atoms with Crippen molar-refractivity contribution in [3.05, 3.63) is 4.91 Å². The zero-order chi connectivity index (χ0) is 8.69. The predicted octanol–water partition coefficient (Wildman–Crippen LogP) is 1.61. The maximum absolute atomic E-state index is 10.5. The van der Waals surface area contributed by atoms with Gasteiger partial charge in [-0.15, -0.1) is 4.91 Å². The number of unbranched alkanes of at least 4 members (excludes halogenated alkanes) is 1. The van der Waals surface area contributed by atoms with Gasteiger partial charge in [-0.3, -0.25) is 4.79 Å². The van der Waals surface area contributed by atoms with Gasteiger partial charge in [-0.25, -0.2) is 0 Å². The van der Waals surface area contributed by atoms with Crippen molar-refractivity contribution in [2.24, 2.45) is 11.1 Å². The van der Waals surface area contributed by atoms with E-state index in [9.17, 15) is 9.70 Å². The number of hydrogen-bond acceptors (Lipinski definition) is 3.